The lowest BCUT2D eigenvalue weighted by atomic mass is 10.2. The van der Waals surface area contributed by atoms with Gasteiger partial charge in [-0.05, 0) is 19.9 Å². The molecule has 7 nitrogen and oxygen atoms in total. The molecule has 0 bridgehead atoms. The molecule has 0 saturated heterocycles. The summed E-state index contributed by atoms with van der Waals surface area (Å²) in [5.41, 5.74) is 1.61. The first-order chi connectivity index (χ1) is 8.37. The molecule has 0 aliphatic rings. The van der Waals surface area contributed by atoms with Crippen molar-refractivity contribution in [1.82, 2.24) is 0 Å². The van der Waals surface area contributed by atoms with E-state index >= 15 is 0 Å². The molecule has 0 radical (unpaired) electrons. The van der Waals surface area contributed by atoms with Crippen molar-refractivity contribution in [3.63, 3.8) is 0 Å². The number of aryl methyl sites for hydroxylation is 2. The van der Waals surface area contributed by atoms with Gasteiger partial charge in [0.05, 0.1) is 0 Å². The molecule has 2 unspecified atom stereocenters. The predicted molar refractivity (Wildman–Crippen MR) is 68.9 cm³/mol. The minimum atomic E-state index is -5.18. The van der Waals surface area contributed by atoms with Crippen LogP contribution >= 0.6 is 15.0 Å². The van der Waals surface area contributed by atoms with Gasteiger partial charge >= 0.3 is 12.7 Å². The van der Waals surface area contributed by atoms with E-state index in [2.05, 4.69) is 0 Å². The summed E-state index contributed by atoms with van der Waals surface area (Å²) in [5.74, 6) is 0. The van der Waals surface area contributed by atoms with Gasteiger partial charge in [0.25, 0.3) is 0 Å². The first kappa shape index (κ1) is 16.5. The van der Waals surface area contributed by atoms with Crippen LogP contribution < -0.4 is 4.57 Å². The van der Waals surface area contributed by atoms with E-state index in [1.54, 1.807) is 13.8 Å². The molecule has 0 amide bonds. The Bertz CT molecular complexity index is 533. The molecule has 0 spiro atoms. The average Bonchev–Trinajstić information content (AvgIpc) is 2.11. The van der Waals surface area contributed by atoms with E-state index in [4.69, 9.17) is 0 Å². The Balaban J connectivity index is 3.31. The van der Waals surface area contributed by atoms with Crippen LogP contribution in [0, 0.1) is 13.8 Å². The molecule has 1 aromatic heterocycles. The Morgan fingerprint density at radius 2 is 1.58 bits per heavy atom. The number of aliphatic hydroxyl groups is 1. The summed E-state index contributed by atoms with van der Waals surface area (Å²) in [6.45, 7) is 3.61. The quantitative estimate of drug-likeness (QED) is 0.469. The highest BCUT2D eigenvalue weighted by atomic mass is 31.2. The van der Waals surface area contributed by atoms with E-state index in [-0.39, 0.29) is 0 Å². The number of hydrogen-bond donors (Lipinski definition) is 4. The van der Waals surface area contributed by atoms with Gasteiger partial charge in [0.2, 0.25) is 7.37 Å². The van der Waals surface area contributed by atoms with Gasteiger partial charge in [0, 0.05) is 17.8 Å². The summed E-state index contributed by atoms with van der Waals surface area (Å²) in [7, 11) is -9.62. The minimum absolute atomic E-state index is 0.663. The maximum atomic E-state index is 11.7. The lowest BCUT2D eigenvalue weighted by molar-refractivity contribution is -0.703. The summed E-state index contributed by atoms with van der Waals surface area (Å²) >= 11 is 0. The molecule has 0 aliphatic heterocycles. The van der Waals surface area contributed by atoms with Gasteiger partial charge in [-0.15, -0.1) is 0 Å². The second-order valence-electron chi connectivity index (χ2n) is 4.76. The van der Waals surface area contributed by atoms with Crippen molar-refractivity contribution in [2.45, 2.75) is 25.5 Å². The highest BCUT2D eigenvalue weighted by Gasteiger charge is 2.60. The van der Waals surface area contributed by atoms with Crippen molar-refractivity contribution in [3.05, 3.63) is 29.6 Å². The Kier molecular flexibility index (Phi) is 4.42. The standard InChI is InChI=1S/C10H17NO6P2/c1-8-4-9(2)6-11(5-8)7-10(12,18(3,13)14)19(15,16)17/h4-6,12H,7H2,1-3H3,(H2-,13,14,15,16,17)/p+1. The van der Waals surface area contributed by atoms with Gasteiger partial charge in [-0.2, -0.15) is 0 Å². The lowest BCUT2D eigenvalue weighted by Gasteiger charge is -2.28. The Labute approximate surface area is 111 Å². The fourth-order valence-corrected chi connectivity index (χ4v) is 4.50. The van der Waals surface area contributed by atoms with Gasteiger partial charge in [0.15, 0.2) is 18.9 Å². The van der Waals surface area contributed by atoms with Crippen LogP contribution in [0.25, 0.3) is 0 Å². The second kappa shape index (κ2) is 5.09. The SMILES string of the molecule is Cc1cc(C)c[n+](CC(O)(P(C)(=O)O)P(=O)(O)O)c1. The number of hydrogen-bond acceptors (Lipinski definition) is 3. The Morgan fingerprint density at radius 3 is 1.89 bits per heavy atom. The first-order valence-electron chi connectivity index (χ1n) is 5.42. The molecule has 2 atom stereocenters. The second-order valence-corrected chi connectivity index (χ2v) is 9.44. The van der Waals surface area contributed by atoms with Crippen molar-refractivity contribution < 1.29 is 33.5 Å². The van der Waals surface area contributed by atoms with Crippen molar-refractivity contribution in [3.8, 4) is 0 Å². The van der Waals surface area contributed by atoms with Crippen LogP contribution in [0.2, 0.25) is 0 Å². The van der Waals surface area contributed by atoms with Crippen molar-refractivity contribution in [2.75, 3.05) is 6.66 Å². The van der Waals surface area contributed by atoms with Crippen LogP contribution in [-0.2, 0) is 15.7 Å². The third kappa shape index (κ3) is 3.51. The molecule has 0 saturated carbocycles. The maximum absolute atomic E-state index is 11.7. The highest BCUT2D eigenvalue weighted by Crippen LogP contribution is 2.67. The summed E-state index contributed by atoms with van der Waals surface area (Å²) < 4.78 is 24.3. The maximum Gasteiger partial charge on any atom is 0.373 e. The third-order valence-corrected chi connectivity index (χ3v) is 7.16. The van der Waals surface area contributed by atoms with E-state index in [1.807, 2.05) is 6.07 Å². The first-order valence-corrected chi connectivity index (χ1v) is 9.14. The Morgan fingerprint density at radius 1 is 1.16 bits per heavy atom. The smallest absolute Gasteiger partial charge is 0.365 e. The van der Waals surface area contributed by atoms with Crippen molar-refractivity contribution >= 4 is 15.0 Å². The van der Waals surface area contributed by atoms with Gasteiger partial charge in [-0.25, -0.2) is 4.57 Å². The number of pyridine rings is 1. The molecule has 0 fully saturated rings. The van der Waals surface area contributed by atoms with Crippen molar-refractivity contribution in [2.24, 2.45) is 0 Å². The summed E-state index contributed by atoms with van der Waals surface area (Å²) in [5, 5.41) is 7.03. The molecule has 4 N–H and O–H groups in total. The van der Waals surface area contributed by atoms with Crippen LogP contribution in [0.15, 0.2) is 18.5 Å². The zero-order valence-corrected chi connectivity index (χ0v) is 12.7. The molecule has 0 aromatic carbocycles. The molecule has 0 aliphatic carbocycles. The van der Waals surface area contributed by atoms with Crippen LogP contribution in [-0.4, -0.2) is 31.5 Å². The molecular formula is C10H18NO6P2+. The van der Waals surface area contributed by atoms with Crippen LogP contribution in [0.3, 0.4) is 0 Å². The van der Waals surface area contributed by atoms with Gasteiger partial charge in [0.1, 0.15) is 0 Å². The third-order valence-electron chi connectivity index (χ3n) is 2.72. The Hall–Kier alpha value is -0.550. The normalized spacial score (nSPS) is 18.7. The number of aromatic nitrogens is 1. The summed E-state index contributed by atoms with van der Waals surface area (Å²) in [6, 6.07) is 1.83. The minimum Gasteiger partial charge on any atom is -0.365 e. The van der Waals surface area contributed by atoms with E-state index < -0.39 is 26.6 Å². The summed E-state index contributed by atoms with van der Waals surface area (Å²) in [4.78, 5) is 27.8. The average molecular weight is 310 g/mol. The zero-order valence-electron chi connectivity index (χ0n) is 10.9. The van der Waals surface area contributed by atoms with E-state index in [0.717, 1.165) is 17.8 Å². The van der Waals surface area contributed by atoms with Crippen LogP contribution in [0.5, 0.6) is 0 Å². The summed E-state index contributed by atoms with van der Waals surface area (Å²) in [6.07, 6.45) is 3.06. The molecule has 1 heterocycles. The number of nitrogens with zero attached hydrogens (tertiary/aromatic N) is 1. The monoisotopic (exact) mass is 310 g/mol. The van der Waals surface area contributed by atoms with E-state index in [1.165, 1.54) is 17.0 Å². The topological polar surface area (TPSA) is 119 Å². The molecule has 9 heteroatoms. The van der Waals surface area contributed by atoms with Gasteiger partial charge < -0.3 is 19.8 Å². The number of rotatable bonds is 4. The lowest BCUT2D eigenvalue weighted by Crippen LogP contribution is -2.47. The van der Waals surface area contributed by atoms with Crippen LogP contribution in [0.4, 0.5) is 0 Å². The van der Waals surface area contributed by atoms with Crippen LogP contribution in [0.1, 0.15) is 11.1 Å². The highest BCUT2D eigenvalue weighted by molar-refractivity contribution is 7.74. The van der Waals surface area contributed by atoms with E-state index in [0.29, 0.717) is 0 Å². The fraction of sp³-hybridized carbons (Fsp3) is 0.500. The predicted octanol–water partition coefficient (Wildman–Crippen LogP) is 0.315. The fourth-order valence-electron chi connectivity index (χ4n) is 1.80. The van der Waals surface area contributed by atoms with Crippen molar-refractivity contribution in [1.29, 1.82) is 0 Å². The molecule has 1 aromatic rings. The molecule has 1 rings (SSSR count). The zero-order chi connectivity index (χ0) is 15.1. The molecule has 108 valence electrons. The van der Waals surface area contributed by atoms with Gasteiger partial charge in [-0.3, -0.25) is 9.13 Å². The van der Waals surface area contributed by atoms with E-state index in [9.17, 15) is 28.9 Å². The van der Waals surface area contributed by atoms with Gasteiger partial charge in [-0.1, -0.05) is 0 Å². The largest absolute Gasteiger partial charge is 0.373 e. The molecular weight excluding hydrogens is 292 g/mol. The molecule has 19 heavy (non-hydrogen) atoms.